The van der Waals surface area contributed by atoms with Gasteiger partial charge in [0, 0.05) is 19.5 Å². The predicted octanol–water partition coefficient (Wildman–Crippen LogP) is 8.53. The van der Waals surface area contributed by atoms with Gasteiger partial charge in [0.2, 0.25) is 0 Å². The van der Waals surface area contributed by atoms with Crippen LogP contribution in [0.4, 0.5) is 0 Å². The van der Waals surface area contributed by atoms with Gasteiger partial charge in [0.25, 0.3) is 0 Å². The van der Waals surface area contributed by atoms with E-state index in [0.29, 0.717) is 0 Å². The second-order valence-electron chi connectivity index (χ2n) is 14.3. The molecule has 0 radical (unpaired) electrons. The molecule has 0 saturated heterocycles. The van der Waals surface area contributed by atoms with Gasteiger partial charge in [-0.25, -0.2) is 4.99 Å². The summed E-state index contributed by atoms with van der Waals surface area (Å²) in [6.07, 6.45) is 8.81. The summed E-state index contributed by atoms with van der Waals surface area (Å²) in [5.41, 5.74) is 16.1. The van der Waals surface area contributed by atoms with Crippen molar-refractivity contribution in [2.45, 2.75) is 45.7 Å². The summed E-state index contributed by atoms with van der Waals surface area (Å²) in [6, 6.07) is 43.3. The normalized spacial score (nSPS) is 22.5. The number of hydrogen-bond donors (Lipinski definition) is 0. The Morgan fingerprint density at radius 3 is 1.72 bits per heavy atom. The van der Waals surface area contributed by atoms with E-state index in [1.165, 1.54) is 27.8 Å². The molecule has 4 aromatic carbocycles. The maximum atomic E-state index is 5.58. The SMILES string of the molecule is Cc1ccc(/C2=C3\C=CC(=N3)/C(c3ccc(C)cc3)=c3/cc/c([n-]3)=C(\c3ccc(C)cc3)C3C=CC([N-]3)C(c3ccc(C)cc3)c3ccc2[n-]3)cc1.[Zn]. The first-order valence-corrected chi connectivity index (χ1v) is 18.1. The fourth-order valence-electron chi connectivity index (χ4n) is 7.67. The number of aromatic nitrogens is 2. The molecule has 53 heavy (non-hydrogen) atoms. The Balaban J connectivity index is 0.00000400. The molecule has 3 aliphatic rings. The first-order chi connectivity index (χ1) is 25.4. The van der Waals surface area contributed by atoms with Crippen molar-refractivity contribution in [1.82, 2.24) is 9.97 Å². The Kier molecular flexibility index (Phi) is 9.33. The summed E-state index contributed by atoms with van der Waals surface area (Å²) in [6.45, 7) is 8.50. The second kappa shape index (κ2) is 14.2. The van der Waals surface area contributed by atoms with Gasteiger partial charge in [-0.3, -0.25) is 0 Å². The van der Waals surface area contributed by atoms with E-state index < -0.39 is 0 Å². The van der Waals surface area contributed by atoms with Gasteiger partial charge in [0.1, 0.15) is 0 Å². The van der Waals surface area contributed by atoms with Crippen LogP contribution in [0.15, 0.2) is 156 Å². The molecular weight excluding hydrogens is 698 g/mol. The van der Waals surface area contributed by atoms with Gasteiger partial charge in [-0.15, -0.1) is 34.6 Å². The number of nitrogens with zero attached hydrogens (tertiary/aromatic N) is 4. The number of benzene rings is 4. The van der Waals surface area contributed by atoms with Gasteiger partial charge < -0.3 is 15.3 Å². The van der Waals surface area contributed by atoms with E-state index >= 15 is 0 Å². The maximum Gasteiger partial charge on any atom is 0.0704 e. The number of rotatable bonds is 4. The van der Waals surface area contributed by atoms with Crippen molar-refractivity contribution in [3.63, 3.8) is 0 Å². The molecule has 5 heterocycles. The number of aliphatic imine (C=N–C) groups is 1. The van der Waals surface area contributed by atoms with Crippen molar-refractivity contribution in [3.05, 3.63) is 223 Å². The molecule has 3 unspecified atom stereocenters. The molecule has 2 aromatic heterocycles. The minimum Gasteiger partial charge on any atom is -0.660 e. The fourth-order valence-corrected chi connectivity index (χ4v) is 7.67. The topological polar surface area (TPSA) is 54.7 Å². The molecule has 0 saturated carbocycles. The van der Waals surface area contributed by atoms with E-state index in [4.69, 9.17) is 20.3 Å². The third-order valence-corrected chi connectivity index (χ3v) is 10.5. The van der Waals surface area contributed by atoms with Crippen LogP contribution < -0.4 is 20.7 Å². The summed E-state index contributed by atoms with van der Waals surface area (Å²) in [7, 11) is 0. The molecule has 3 aliphatic heterocycles. The van der Waals surface area contributed by atoms with Crippen molar-refractivity contribution in [2.24, 2.45) is 4.99 Å². The third-order valence-electron chi connectivity index (χ3n) is 10.5. The van der Waals surface area contributed by atoms with Crippen LogP contribution in [0, 0.1) is 27.7 Å². The average molecular weight is 737 g/mol. The van der Waals surface area contributed by atoms with Crippen molar-refractivity contribution in [2.75, 3.05) is 0 Å². The standard InChI is InChI=1S/C48H39N4.Zn/c1-29-5-13-33(14-6-29)45-37-21-23-39(49-37)46(34-15-7-30(2)8-16-34)41-25-27-43(51-41)48(36-19-11-32(4)12-20-36)44-28-26-42(52-44)47(40-24-22-38(45)50-40)35-17-9-31(3)10-18-35;/h5-28,37,39,45H,1-4H3;/q-3;/b46-41-,47-42-,48-43-;. The second-order valence-corrected chi connectivity index (χ2v) is 14.3. The van der Waals surface area contributed by atoms with Gasteiger partial charge in [-0.05, 0) is 79.2 Å². The fraction of sp³-hybridized carbons (Fsp3) is 0.146. The maximum absolute atomic E-state index is 5.58. The predicted molar refractivity (Wildman–Crippen MR) is 213 cm³/mol. The molecule has 6 aromatic rings. The van der Waals surface area contributed by atoms with Crippen LogP contribution in [0.25, 0.3) is 22.0 Å². The van der Waals surface area contributed by atoms with E-state index in [2.05, 4.69) is 173 Å². The summed E-state index contributed by atoms with van der Waals surface area (Å²) < 4.78 is 0. The first-order valence-electron chi connectivity index (χ1n) is 18.1. The number of aryl methyl sites for hydroxylation is 4. The van der Waals surface area contributed by atoms with Crippen LogP contribution in [-0.2, 0) is 19.5 Å². The first kappa shape index (κ1) is 34.7. The van der Waals surface area contributed by atoms with Crippen molar-refractivity contribution in [3.8, 4) is 0 Å². The summed E-state index contributed by atoms with van der Waals surface area (Å²) in [4.78, 5) is 16.2. The molecule has 0 N–H and O–H groups in total. The monoisotopic (exact) mass is 735 g/mol. The van der Waals surface area contributed by atoms with E-state index in [1.54, 1.807) is 0 Å². The minimum absolute atomic E-state index is 0. The van der Waals surface area contributed by atoms with E-state index in [-0.39, 0.29) is 37.5 Å². The van der Waals surface area contributed by atoms with Gasteiger partial charge >= 0.3 is 0 Å². The van der Waals surface area contributed by atoms with Crippen LogP contribution >= 0.6 is 0 Å². The Morgan fingerprint density at radius 2 is 1.08 bits per heavy atom. The molecule has 256 valence electrons. The molecule has 5 heteroatoms. The molecule has 4 nitrogen and oxygen atoms in total. The minimum atomic E-state index is -0.174. The Bertz CT molecular complexity index is 2560. The van der Waals surface area contributed by atoms with Crippen LogP contribution in [0.1, 0.15) is 61.8 Å². The van der Waals surface area contributed by atoms with Gasteiger partial charge in [0.15, 0.2) is 0 Å². The molecule has 9 rings (SSSR count). The molecule has 8 bridgehead atoms. The van der Waals surface area contributed by atoms with Crippen LogP contribution in [-0.4, -0.2) is 17.8 Å². The largest absolute Gasteiger partial charge is 0.660 e. The molecule has 3 atom stereocenters. The van der Waals surface area contributed by atoms with Crippen LogP contribution in [0.2, 0.25) is 0 Å². The molecular formula is C48H39N4Zn-3. The number of allylic oxidation sites excluding steroid dienone is 2. The van der Waals surface area contributed by atoms with Crippen molar-refractivity contribution < 1.29 is 19.5 Å². The molecule has 0 amide bonds. The number of hydrogen-bond acceptors (Lipinski definition) is 1. The summed E-state index contributed by atoms with van der Waals surface area (Å²) in [5, 5.41) is 7.39. The zero-order valence-electron chi connectivity index (χ0n) is 30.6. The Morgan fingerprint density at radius 1 is 0.509 bits per heavy atom. The zero-order chi connectivity index (χ0) is 35.3. The Hall–Kier alpha value is -5.35. The van der Waals surface area contributed by atoms with Crippen molar-refractivity contribution >= 4 is 22.4 Å². The van der Waals surface area contributed by atoms with Crippen LogP contribution in [0.3, 0.4) is 0 Å². The van der Waals surface area contributed by atoms with E-state index in [0.717, 1.165) is 66.9 Å². The number of fused-ring (bicyclic) bond motifs is 7. The zero-order valence-corrected chi connectivity index (χ0v) is 33.6. The molecule has 0 aliphatic carbocycles. The summed E-state index contributed by atoms with van der Waals surface area (Å²) in [5.74, 6) is -0.0603. The van der Waals surface area contributed by atoms with Gasteiger partial charge in [-0.1, -0.05) is 155 Å². The van der Waals surface area contributed by atoms with E-state index in [1.807, 2.05) is 0 Å². The van der Waals surface area contributed by atoms with Gasteiger partial charge in [-0.2, -0.15) is 5.69 Å². The smallest absolute Gasteiger partial charge is 0.0704 e. The molecule has 0 fully saturated rings. The average Bonchev–Trinajstić information content (AvgIpc) is 3.99. The third kappa shape index (κ3) is 6.61. The van der Waals surface area contributed by atoms with E-state index in [9.17, 15) is 0 Å². The molecule has 0 spiro atoms. The van der Waals surface area contributed by atoms with Crippen molar-refractivity contribution in [1.29, 1.82) is 0 Å². The quantitative estimate of drug-likeness (QED) is 0.135. The van der Waals surface area contributed by atoms with Crippen LogP contribution in [0.5, 0.6) is 0 Å². The summed E-state index contributed by atoms with van der Waals surface area (Å²) >= 11 is 0. The van der Waals surface area contributed by atoms with Gasteiger partial charge in [0.05, 0.1) is 11.4 Å². The Labute approximate surface area is 324 Å².